The van der Waals surface area contributed by atoms with Crippen molar-refractivity contribution in [3.63, 3.8) is 0 Å². The average Bonchev–Trinajstić information content (AvgIpc) is 3.07. The summed E-state index contributed by atoms with van der Waals surface area (Å²) in [6.07, 6.45) is 32.4. The maximum absolute atomic E-state index is 12.6. The van der Waals surface area contributed by atoms with Crippen LogP contribution in [-0.2, 0) is 28.6 Å². The minimum absolute atomic E-state index is 0.0660. The Morgan fingerprint density at radius 3 is 1.11 bits per heavy atom. The Hall–Kier alpha value is -1.59. The van der Waals surface area contributed by atoms with Crippen molar-refractivity contribution < 1.29 is 28.6 Å². The monoisotopic (exact) mass is 667 g/mol. The smallest absolute Gasteiger partial charge is 0.306 e. The first-order valence-electron chi connectivity index (χ1n) is 20.4. The average molecular weight is 667 g/mol. The molecule has 0 spiro atoms. The molecule has 0 aliphatic rings. The standard InChI is InChI=1S/C41H78O6/c1-5-8-10-12-14-15-16-17-18-20-26-30-34-41(44)47-38(35-45-39(42)32-28-24-19-13-11-9-6-2)36-46-40(43)33-29-25-22-21-23-27-31-37(4)7-3/h37-38H,5-36H2,1-4H3/t37?,38-/m0/s1. The lowest BCUT2D eigenvalue weighted by molar-refractivity contribution is -0.167. The van der Waals surface area contributed by atoms with Crippen LogP contribution in [0.2, 0.25) is 0 Å². The second-order valence-corrected chi connectivity index (χ2v) is 14.2. The fourth-order valence-electron chi connectivity index (χ4n) is 5.89. The molecule has 0 aliphatic heterocycles. The topological polar surface area (TPSA) is 78.9 Å². The second kappa shape index (κ2) is 35.7. The van der Waals surface area contributed by atoms with Crippen molar-refractivity contribution >= 4 is 17.9 Å². The maximum Gasteiger partial charge on any atom is 0.306 e. The van der Waals surface area contributed by atoms with Gasteiger partial charge in [-0.1, -0.05) is 182 Å². The molecule has 0 aromatic rings. The number of unbranched alkanes of at least 4 members (excludes halogenated alkanes) is 22. The van der Waals surface area contributed by atoms with E-state index in [1.807, 2.05) is 0 Å². The van der Waals surface area contributed by atoms with Crippen LogP contribution in [0.3, 0.4) is 0 Å². The Morgan fingerprint density at radius 2 is 0.745 bits per heavy atom. The van der Waals surface area contributed by atoms with Crippen LogP contribution in [0.1, 0.15) is 220 Å². The van der Waals surface area contributed by atoms with Crippen LogP contribution < -0.4 is 0 Å². The van der Waals surface area contributed by atoms with Gasteiger partial charge in [-0.3, -0.25) is 14.4 Å². The first-order valence-corrected chi connectivity index (χ1v) is 20.4. The van der Waals surface area contributed by atoms with E-state index in [1.54, 1.807) is 0 Å². The van der Waals surface area contributed by atoms with Crippen molar-refractivity contribution in [1.82, 2.24) is 0 Å². The van der Waals surface area contributed by atoms with Crippen molar-refractivity contribution in [2.75, 3.05) is 13.2 Å². The van der Waals surface area contributed by atoms with Crippen molar-refractivity contribution in [3.8, 4) is 0 Å². The van der Waals surface area contributed by atoms with Crippen molar-refractivity contribution in [2.45, 2.75) is 226 Å². The van der Waals surface area contributed by atoms with E-state index in [1.165, 1.54) is 116 Å². The quantitative estimate of drug-likeness (QED) is 0.0376. The van der Waals surface area contributed by atoms with Crippen molar-refractivity contribution in [3.05, 3.63) is 0 Å². The summed E-state index contributed by atoms with van der Waals surface area (Å²) in [7, 11) is 0. The highest BCUT2D eigenvalue weighted by Crippen LogP contribution is 2.16. The zero-order valence-corrected chi connectivity index (χ0v) is 31.7. The van der Waals surface area contributed by atoms with Gasteiger partial charge in [0.25, 0.3) is 0 Å². The van der Waals surface area contributed by atoms with Crippen LogP contribution in [0.15, 0.2) is 0 Å². The van der Waals surface area contributed by atoms with E-state index in [0.29, 0.717) is 19.3 Å². The summed E-state index contributed by atoms with van der Waals surface area (Å²) in [6, 6.07) is 0. The van der Waals surface area contributed by atoms with Gasteiger partial charge in [0.05, 0.1) is 0 Å². The molecule has 0 saturated heterocycles. The molecule has 0 bridgehead atoms. The van der Waals surface area contributed by atoms with Gasteiger partial charge in [-0.05, 0) is 25.2 Å². The fraction of sp³-hybridized carbons (Fsp3) is 0.927. The van der Waals surface area contributed by atoms with Crippen molar-refractivity contribution in [2.24, 2.45) is 5.92 Å². The van der Waals surface area contributed by atoms with Gasteiger partial charge in [0, 0.05) is 19.3 Å². The molecule has 6 nitrogen and oxygen atoms in total. The summed E-state index contributed by atoms with van der Waals surface area (Å²) in [5.41, 5.74) is 0. The number of esters is 3. The molecule has 0 amide bonds. The summed E-state index contributed by atoms with van der Waals surface area (Å²) in [5.74, 6) is -0.0559. The van der Waals surface area contributed by atoms with E-state index in [4.69, 9.17) is 14.2 Å². The van der Waals surface area contributed by atoms with E-state index in [-0.39, 0.29) is 31.1 Å². The second-order valence-electron chi connectivity index (χ2n) is 14.2. The van der Waals surface area contributed by atoms with Crippen LogP contribution >= 0.6 is 0 Å². The Balaban J connectivity index is 4.33. The third-order valence-electron chi connectivity index (χ3n) is 9.40. The summed E-state index contributed by atoms with van der Waals surface area (Å²) < 4.78 is 16.6. The van der Waals surface area contributed by atoms with E-state index < -0.39 is 6.10 Å². The molecule has 6 heteroatoms. The lowest BCUT2D eigenvalue weighted by Gasteiger charge is -2.18. The Labute approximate surface area is 291 Å². The molecule has 0 rings (SSSR count). The molecule has 0 radical (unpaired) electrons. The predicted molar refractivity (Wildman–Crippen MR) is 196 cm³/mol. The van der Waals surface area contributed by atoms with Crippen molar-refractivity contribution in [1.29, 1.82) is 0 Å². The highest BCUT2D eigenvalue weighted by molar-refractivity contribution is 5.71. The third-order valence-corrected chi connectivity index (χ3v) is 9.40. The highest BCUT2D eigenvalue weighted by atomic mass is 16.6. The molecule has 0 aromatic heterocycles. The van der Waals surface area contributed by atoms with Crippen LogP contribution in [0.4, 0.5) is 0 Å². The van der Waals surface area contributed by atoms with Gasteiger partial charge in [-0.15, -0.1) is 0 Å². The van der Waals surface area contributed by atoms with Crippen LogP contribution in [0, 0.1) is 5.92 Å². The molecule has 1 unspecified atom stereocenters. The van der Waals surface area contributed by atoms with E-state index in [2.05, 4.69) is 27.7 Å². The number of ether oxygens (including phenoxy) is 3. The van der Waals surface area contributed by atoms with E-state index >= 15 is 0 Å². The van der Waals surface area contributed by atoms with Gasteiger partial charge in [0.1, 0.15) is 13.2 Å². The number of hydrogen-bond donors (Lipinski definition) is 0. The van der Waals surface area contributed by atoms with Crippen LogP contribution in [0.5, 0.6) is 0 Å². The van der Waals surface area contributed by atoms with E-state index in [0.717, 1.165) is 63.7 Å². The Kier molecular flexibility index (Phi) is 34.5. The SMILES string of the molecule is CCCCCCCCCCCCCCC(=O)O[C@@H](COC(=O)CCCCCCCCC)COC(=O)CCCCCCCCC(C)CC. The number of hydrogen-bond acceptors (Lipinski definition) is 6. The van der Waals surface area contributed by atoms with Gasteiger partial charge in [0.15, 0.2) is 6.10 Å². The lowest BCUT2D eigenvalue weighted by Crippen LogP contribution is -2.30. The van der Waals surface area contributed by atoms with Gasteiger partial charge < -0.3 is 14.2 Å². The third kappa shape index (κ3) is 34.1. The van der Waals surface area contributed by atoms with Gasteiger partial charge >= 0.3 is 17.9 Å². The maximum atomic E-state index is 12.6. The molecule has 47 heavy (non-hydrogen) atoms. The molecule has 0 heterocycles. The zero-order chi connectivity index (χ0) is 34.6. The number of carbonyl (C=O) groups is 3. The van der Waals surface area contributed by atoms with E-state index in [9.17, 15) is 14.4 Å². The normalized spacial score (nSPS) is 12.5. The molecule has 0 aromatic carbocycles. The van der Waals surface area contributed by atoms with Gasteiger partial charge in [-0.25, -0.2) is 0 Å². The molecule has 2 atom stereocenters. The first-order chi connectivity index (χ1) is 22.9. The van der Waals surface area contributed by atoms with Gasteiger partial charge in [-0.2, -0.15) is 0 Å². The summed E-state index contributed by atoms with van der Waals surface area (Å²) in [4.78, 5) is 37.4. The summed E-state index contributed by atoms with van der Waals surface area (Å²) >= 11 is 0. The molecular weight excluding hydrogens is 588 g/mol. The minimum atomic E-state index is -0.757. The number of rotatable bonds is 36. The molecule has 0 aliphatic carbocycles. The molecule has 0 saturated carbocycles. The van der Waals surface area contributed by atoms with Gasteiger partial charge in [0.2, 0.25) is 0 Å². The largest absolute Gasteiger partial charge is 0.462 e. The predicted octanol–water partition coefficient (Wildman–Crippen LogP) is 12.4. The molecule has 0 N–H and O–H groups in total. The van der Waals surface area contributed by atoms with Crippen LogP contribution in [-0.4, -0.2) is 37.2 Å². The zero-order valence-electron chi connectivity index (χ0n) is 31.7. The molecule has 278 valence electrons. The summed E-state index contributed by atoms with van der Waals surface area (Å²) in [5, 5.41) is 0. The molecule has 0 fully saturated rings. The molecular formula is C41H78O6. The minimum Gasteiger partial charge on any atom is -0.462 e. The lowest BCUT2D eigenvalue weighted by atomic mass is 10.00. The highest BCUT2D eigenvalue weighted by Gasteiger charge is 2.19. The Morgan fingerprint density at radius 1 is 0.426 bits per heavy atom. The first kappa shape index (κ1) is 45.4. The van der Waals surface area contributed by atoms with Crippen LogP contribution in [0.25, 0.3) is 0 Å². The number of carbonyl (C=O) groups excluding carboxylic acids is 3. The fourth-order valence-corrected chi connectivity index (χ4v) is 5.89. The Bertz CT molecular complexity index is 708. The summed E-state index contributed by atoms with van der Waals surface area (Å²) in [6.45, 7) is 8.90.